The van der Waals surface area contributed by atoms with E-state index in [1.54, 1.807) is 0 Å². The fourth-order valence-electron chi connectivity index (χ4n) is 1.66. The summed E-state index contributed by atoms with van der Waals surface area (Å²) < 4.78 is 0. The summed E-state index contributed by atoms with van der Waals surface area (Å²) >= 11 is 0. The Morgan fingerprint density at radius 3 is 2.74 bits per heavy atom. The molecule has 0 atom stereocenters. The van der Waals surface area contributed by atoms with Crippen LogP contribution in [0.15, 0.2) is 18.2 Å². The van der Waals surface area contributed by atoms with Gasteiger partial charge in [-0.1, -0.05) is 18.8 Å². The van der Waals surface area contributed by atoms with Crippen LogP contribution in [0.3, 0.4) is 0 Å². The van der Waals surface area contributed by atoms with Crippen LogP contribution in [-0.2, 0) is 6.42 Å². The first-order chi connectivity index (χ1) is 9.06. The van der Waals surface area contributed by atoms with Crippen LogP contribution in [0.4, 0.5) is 10.5 Å². The molecule has 4 nitrogen and oxygen atoms in total. The number of nitrogens with one attached hydrogen (secondary N) is 2. The zero-order chi connectivity index (χ0) is 14.3. The molecule has 0 spiro atoms. The average molecular weight is 259 g/mol. The number of amides is 2. The van der Waals surface area contributed by atoms with E-state index in [2.05, 4.69) is 22.5 Å². The van der Waals surface area contributed by atoms with Crippen LogP contribution in [0.5, 0.6) is 0 Å². The third kappa shape index (κ3) is 5.02. The maximum atomic E-state index is 11.7. The van der Waals surface area contributed by atoms with Crippen molar-refractivity contribution >= 4 is 11.7 Å². The van der Waals surface area contributed by atoms with Crippen molar-refractivity contribution in [3.8, 4) is 11.8 Å². The summed E-state index contributed by atoms with van der Waals surface area (Å²) in [4.78, 5) is 11.7. The van der Waals surface area contributed by atoms with Crippen LogP contribution in [0, 0.1) is 11.8 Å². The first-order valence-corrected chi connectivity index (χ1v) is 6.46. The van der Waals surface area contributed by atoms with Gasteiger partial charge in [-0.3, -0.25) is 0 Å². The summed E-state index contributed by atoms with van der Waals surface area (Å²) in [5.41, 5.74) is 8.14. The summed E-state index contributed by atoms with van der Waals surface area (Å²) in [5, 5.41) is 5.65. The molecule has 1 aromatic rings. The highest BCUT2D eigenvalue weighted by molar-refractivity contribution is 5.90. The van der Waals surface area contributed by atoms with Gasteiger partial charge in [-0.25, -0.2) is 4.79 Å². The third-order valence-electron chi connectivity index (χ3n) is 2.49. The molecule has 0 aliphatic heterocycles. The Bertz CT molecular complexity index is 498. The lowest BCUT2D eigenvalue weighted by atomic mass is 10.1. The monoisotopic (exact) mass is 259 g/mol. The van der Waals surface area contributed by atoms with E-state index >= 15 is 0 Å². The number of aryl methyl sites for hydroxylation is 1. The first-order valence-electron chi connectivity index (χ1n) is 6.46. The van der Waals surface area contributed by atoms with Crippen LogP contribution < -0.4 is 16.4 Å². The third-order valence-corrected chi connectivity index (χ3v) is 2.49. The van der Waals surface area contributed by atoms with Crippen molar-refractivity contribution in [2.24, 2.45) is 5.73 Å². The number of anilines is 1. The highest BCUT2D eigenvalue weighted by Crippen LogP contribution is 2.18. The van der Waals surface area contributed by atoms with E-state index in [1.807, 2.05) is 39.0 Å². The maximum absolute atomic E-state index is 11.7. The number of benzene rings is 1. The van der Waals surface area contributed by atoms with Gasteiger partial charge in [0.1, 0.15) is 0 Å². The SMILES string of the molecule is CCc1cc(C#CCN)ccc1NC(=O)NC(C)C. The fourth-order valence-corrected chi connectivity index (χ4v) is 1.66. The number of nitrogens with two attached hydrogens (primary N) is 1. The van der Waals surface area contributed by atoms with Crippen LogP contribution >= 0.6 is 0 Å². The number of rotatable bonds is 3. The van der Waals surface area contributed by atoms with E-state index in [-0.39, 0.29) is 12.1 Å². The predicted octanol–water partition coefficient (Wildman–Crippen LogP) is 2.09. The molecule has 0 heterocycles. The Morgan fingerprint density at radius 2 is 2.16 bits per heavy atom. The van der Waals surface area contributed by atoms with E-state index < -0.39 is 0 Å². The Hall–Kier alpha value is -1.99. The minimum absolute atomic E-state index is 0.111. The molecular weight excluding hydrogens is 238 g/mol. The van der Waals surface area contributed by atoms with Gasteiger partial charge in [0.2, 0.25) is 0 Å². The van der Waals surface area contributed by atoms with E-state index in [0.717, 1.165) is 23.2 Å². The van der Waals surface area contributed by atoms with Gasteiger partial charge in [0.05, 0.1) is 6.54 Å². The molecular formula is C15H21N3O. The predicted molar refractivity (Wildman–Crippen MR) is 79.0 cm³/mol. The molecule has 4 heteroatoms. The molecule has 0 fully saturated rings. The van der Waals surface area contributed by atoms with Crippen LogP contribution in [-0.4, -0.2) is 18.6 Å². The zero-order valence-corrected chi connectivity index (χ0v) is 11.7. The van der Waals surface area contributed by atoms with Gasteiger partial charge in [0.25, 0.3) is 0 Å². The Balaban J connectivity index is 2.87. The van der Waals surface area contributed by atoms with Crippen LogP contribution in [0.2, 0.25) is 0 Å². The molecule has 4 N–H and O–H groups in total. The van der Waals surface area contributed by atoms with Gasteiger partial charge >= 0.3 is 6.03 Å². The molecule has 2 amide bonds. The smallest absolute Gasteiger partial charge is 0.319 e. The lowest BCUT2D eigenvalue weighted by Gasteiger charge is -2.13. The molecule has 0 bridgehead atoms. The molecule has 0 aliphatic carbocycles. The zero-order valence-electron chi connectivity index (χ0n) is 11.7. The quantitative estimate of drug-likeness (QED) is 0.728. The molecule has 1 rings (SSSR count). The molecule has 0 aliphatic rings. The summed E-state index contributed by atoms with van der Waals surface area (Å²) in [6.07, 6.45) is 0.829. The topological polar surface area (TPSA) is 67.1 Å². The van der Waals surface area contributed by atoms with Gasteiger partial charge < -0.3 is 16.4 Å². The van der Waals surface area contributed by atoms with E-state index in [0.29, 0.717) is 6.54 Å². The Labute approximate surface area is 114 Å². The number of hydrogen-bond donors (Lipinski definition) is 3. The number of carbonyl (C=O) groups is 1. The molecule has 0 aromatic heterocycles. The summed E-state index contributed by atoms with van der Waals surface area (Å²) in [7, 11) is 0. The van der Waals surface area contributed by atoms with Crippen molar-refractivity contribution in [2.45, 2.75) is 33.2 Å². The highest BCUT2D eigenvalue weighted by Gasteiger charge is 2.07. The average Bonchev–Trinajstić information content (AvgIpc) is 2.36. The number of carbonyl (C=O) groups excluding carboxylic acids is 1. The summed E-state index contributed by atoms with van der Waals surface area (Å²) in [5.74, 6) is 5.81. The molecule has 0 unspecified atom stereocenters. The Morgan fingerprint density at radius 1 is 1.42 bits per heavy atom. The highest BCUT2D eigenvalue weighted by atomic mass is 16.2. The normalized spacial score (nSPS) is 9.74. The van der Waals surface area contributed by atoms with Crippen molar-refractivity contribution in [1.29, 1.82) is 0 Å². The minimum atomic E-state index is -0.189. The van der Waals surface area contributed by atoms with Gasteiger partial charge in [-0.2, -0.15) is 0 Å². The van der Waals surface area contributed by atoms with Gasteiger partial charge in [-0.05, 0) is 44.0 Å². The van der Waals surface area contributed by atoms with Gasteiger partial charge in [-0.15, -0.1) is 0 Å². The fraction of sp³-hybridized carbons (Fsp3) is 0.400. The summed E-state index contributed by atoms with van der Waals surface area (Å²) in [6, 6.07) is 5.66. The van der Waals surface area contributed by atoms with Crippen molar-refractivity contribution in [3.63, 3.8) is 0 Å². The number of urea groups is 1. The Kier molecular flexibility index (Phi) is 5.91. The van der Waals surface area contributed by atoms with E-state index in [9.17, 15) is 4.79 Å². The van der Waals surface area contributed by atoms with Crippen molar-refractivity contribution < 1.29 is 4.79 Å². The lowest BCUT2D eigenvalue weighted by molar-refractivity contribution is 0.250. The van der Waals surface area contributed by atoms with Crippen molar-refractivity contribution in [1.82, 2.24) is 5.32 Å². The van der Waals surface area contributed by atoms with Gasteiger partial charge in [0, 0.05) is 17.3 Å². The largest absolute Gasteiger partial charge is 0.336 e. The lowest BCUT2D eigenvalue weighted by Crippen LogP contribution is -2.34. The standard InChI is InChI=1S/C15H21N3O/c1-4-13-10-12(6-5-9-16)7-8-14(13)18-15(19)17-11(2)3/h7-8,10-11H,4,9,16H2,1-3H3,(H2,17,18,19). The van der Waals surface area contributed by atoms with Gasteiger partial charge in [0.15, 0.2) is 0 Å². The molecule has 19 heavy (non-hydrogen) atoms. The van der Waals surface area contributed by atoms with E-state index in [1.165, 1.54) is 0 Å². The second kappa shape index (κ2) is 7.45. The van der Waals surface area contributed by atoms with Crippen molar-refractivity contribution in [2.75, 3.05) is 11.9 Å². The second-order valence-electron chi connectivity index (χ2n) is 4.48. The molecule has 0 radical (unpaired) electrons. The van der Waals surface area contributed by atoms with E-state index in [4.69, 9.17) is 5.73 Å². The molecule has 0 saturated carbocycles. The van der Waals surface area contributed by atoms with Crippen molar-refractivity contribution in [3.05, 3.63) is 29.3 Å². The molecule has 0 saturated heterocycles. The maximum Gasteiger partial charge on any atom is 0.319 e. The van der Waals surface area contributed by atoms with Crippen LogP contribution in [0.25, 0.3) is 0 Å². The molecule has 1 aromatic carbocycles. The minimum Gasteiger partial charge on any atom is -0.336 e. The molecule has 102 valence electrons. The van der Waals surface area contributed by atoms with Crippen LogP contribution in [0.1, 0.15) is 31.9 Å². The first kappa shape index (κ1) is 15.1. The number of hydrogen-bond acceptors (Lipinski definition) is 2. The second-order valence-corrected chi connectivity index (χ2v) is 4.48. The summed E-state index contributed by atoms with van der Waals surface area (Å²) in [6.45, 7) is 6.23.